The first-order valence-corrected chi connectivity index (χ1v) is 6.11. The van der Waals surface area contributed by atoms with Crippen LogP contribution in [0.15, 0.2) is 6.07 Å². The first-order chi connectivity index (χ1) is 7.34. The monoisotopic (exact) mass is 219 g/mol. The number of aryl methyl sites for hydroxylation is 2. The molecule has 0 fully saturated rings. The van der Waals surface area contributed by atoms with Crippen molar-refractivity contribution in [2.75, 3.05) is 7.05 Å². The molecule has 90 valence electrons. The Hall–Kier alpha value is -0.820. The number of hydrogen-bond acceptors (Lipinski definition) is 1. The van der Waals surface area contributed by atoms with Gasteiger partial charge in [0.25, 0.3) is 0 Å². The van der Waals surface area contributed by atoms with Crippen LogP contribution in [0, 0.1) is 27.7 Å². The minimum absolute atomic E-state index is 0.597. The summed E-state index contributed by atoms with van der Waals surface area (Å²) >= 11 is 0. The third-order valence-electron chi connectivity index (χ3n) is 3.81. The third-order valence-corrected chi connectivity index (χ3v) is 3.81. The van der Waals surface area contributed by atoms with E-state index in [4.69, 9.17) is 0 Å². The summed E-state index contributed by atoms with van der Waals surface area (Å²) in [5.74, 6) is 0. The number of rotatable bonds is 3. The van der Waals surface area contributed by atoms with Crippen LogP contribution in [0.5, 0.6) is 0 Å². The van der Waals surface area contributed by atoms with Gasteiger partial charge in [0, 0.05) is 12.6 Å². The van der Waals surface area contributed by atoms with E-state index in [9.17, 15) is 0 Å². The summed E-state index contributed by atoms with van der Waals surface area (Å²) in [5, 5.41) is 0. The molecule has 16 heavy (non-hydrogen) atoms. The maximum Gasteiger partial charge on any atom is 0.0238 e. The fraction of sp³-hybridized carbons (Fsp3) is 0.600. The van der Waals surface area contributed by atoms with Crippen LogP contribution in [0.3, 0.4) is 0 Å². The summed E-state index contributed by atoms with van der Waals surface area (Å²) in [6.07, 6.45) is 0. The van der Waals surface area contributed by atoms with Crippen LogP contribution in [0.25, 0.3) is 0 Å². The number of hydrogen-bond donors (Lipinski definition) is 0. The van der Waals surface area contributed by atoms with E-state index in [1.54, 1.807) is 0 Å². The predicted molar refractivity (Wildman–Crippen MR) is 72.0 cm³/mol. The summed E-state index contributed by atoms with van der Waals surface area (Å²) in [5.41, 5.74) is 7.24. The second kappa shape index (κ2) is 5.01. The summed E-state index contributed by atoms with van der Waals surface area (Å²) < 4.78 is 0. The zero-order chi connectivity index (χ0) is 12.5. The van der Waals surface area contributed by atoms with Crippen LogP contribution in [-0.2, 0) is 6.54 Å². The van der Waals surface area contributed by atoms with E-state index in [1.165, 1.54) is 27.8 Å². The number of benzene rings is 1. The van der Waals surface area contributed by atoms with Gasteiger partial charge in [-0.2, -0.15) is 0 Å². The van der Waals surface area contributed by atoms with Crippen LogP contribution in [0.4, 0.5) is 0 Å². The molecule has 0 atom stereocenters. The topological polar surface area (TPSA) is 3.24 Å². The molecule has 0 aliphatic carbocycles. The van der Waals surface area contributed by atoms with Gasteiger partial charge in [-0.1, -0.05) is 6.07 Å². The molecule has 0 saturated carbocycles. The van der Waals surface area contributed by atoms with E-state index >= 15 is 0 Å². The minimum Gasteiger partial charge on any atom is -0.300 e. The fourth-order valence-electron chi connectivity index (χ4n) is 1.97. The van der Waals surface area contributed by atoms with Gasteiger partial charge in [0.1, 0.15) is 0 Å². The molecule has 0 amide bonds. The fourth-order valence-corrected chi connectivity index (χ4v) is 1.97. The summed E-state index contributed by atoms with van der Waals surface area (Å²) in [6, 6.07) is 2.89. The van der Waals surface area contributed by atoms with Gasteiger partial charge in [0.2, 0.25) is 0 Å². The lowest BCUT2D eigenvalue weighted by Crippen LogP contribution is -2.26. The molecule has 0 N–H and O–H groups in total. The van der Waals surface area contributed by atoms with Gasteiger partial charge in [-0.05, 0) is 76.4 Å². The van der Waals surface area contributed by atoms with Crippen molar-refractivity contribution >= 4 is 0 Å². The molecule has 0 aromatic heterocycles. The minimum atomic E-state index is 0.597. The molecule has 1 nitrogen and oxygen atoms in total. The molecule has 0 heterocycles. The van der Waals surface area contributed by atoms with Gasteiger partial charge in [0.15, 0.2) is 0 Å². The van der Waals surface area contributed by atoms with Gasteiger partial charge in [-0.3, -0.25) is 4.90 Å². The van der Waals surface area contributed by atoms with Crippen LogP contribution in [0.1, 0.15) is 41.7 Å². The van der Waals surface area contributed by atoms with Gasteiger partial charge >= 0.3 is 0 Å². The zero-order valence-corrected chi connectivity index (χ0v) is 11.8. The Bertz CT molecular complexity index is 351. The van der Waals surface area contributed by atoms with Gasteiger partial charge in [-0.25, -0.2) is 0 Å². The van der Waals surface area contributed by atoms with Gasteiger partial charge in [-0.15, -0.1) is 0 Å². The summed E-state index contributed by atoms with van der Waals surface area (Å²) in [7, 11) is 2.20. The molecule has 1 heteroatoms. The highest BCUT2D eigenvalue weighted by Crippen LogP contribution is 2.23. The van der Waals surface area contributed by atoms with Crippen molar-refractivity contribution in [1.82, 2.24) is 4.90 Å². The predicted octanol–water partition coefficient (Wildman–Crippen LogP) is 3.76. The van der Waals surface area contributed by atoms with Gasteiger partial charge < -0.3 is 0 Å². The Morgan fingerprint density at radius 3 is 1.81 bits per heavy atom. The molecule has 1 aromatic rings. The highest BCUT2D eigenvalue weighted by Gasteiger charge is 2.11. The lowest BCUT2D eigenvalue weighted by atomic mass is 9.94. The first-order valence-electron chi connectivity index (χ1n) is 6.11. The van der Waals surface area contributed by atoms with Crippen molar-refractivity contribution in [2.45, 2.75) is 54.1 Å². The van der Waals surface area contributed by atoms with Crippen molar-refractivity contribution in [3.63, 3.8) is 0 Å². The Morgan fingerprint density at radius 2 is 1.44 bits per heavy atom. The average Bonchev–Trinajstić information content (AvgIpc) is 2.21. The molecule has 1 rings (SSSR count). The maximum absolute atomic E-state index is 2.40. The van der Waals surface area contributed by atoms with Crippen molar-refractivity contribution in [2.24, 2.45) is 0 Å². The average molecular weight is 219 g/mol. The molecule has 0 aliphatic heterocycles. The van der Waals surface area contributed by atoms with Crippen LogP contribution >= 0.6 is 0 Å². The molecule has 0 spiro atoms. The molecular formula is C15H25N. The first kappa shape index (κ1) is 13.2. The molecule has 0 unspecified atom stereocenters. The highest BCUT2D eigenvalue weighted by molar-refractivity contribution is 5.43. The lowest BCUT2D eigenvalue weighted by Gasteiger charge is -2.24. The quantitative estimate of drug-likeness (QED) is 0.748. The Balaban J connectivity index is 3.12. The molecule has 0 saturated heterocycles. The third kappa shape index (κ3) is 2.65. The molecule has 0 aliphatic rings. The SMILES string of the molecule is Cc1cc(C)c(C)c(CN(C)C(C)C)c1C. The lowest BCUT2D eigenvalue weighted by molar-refractivity contribution is 0.264. The van der Waals surface area contributed by atoms with Crippen LogP contribution in [-0.4, -0.2) is 18.0 Å². The van der Waals surface area contributed by atoms with Crippen LogP contribution < -0.4 is 0 Å². The van der Waals surface area contributed by atoms with E-state index in [1.807, 2.05) is 0 Å². The smallest absolute Gasteiger partial charge is 0.0238 e. The molecule has 0 radical (unpaired) electrons. The number of nitrogens with zero attached hydrogens (tertiary/aromatic N) is 1. The van der Waals surface area contributed by atoms with Crippen molar-refractivity contribution < 1.29 is 0 Å². The maximum atomic E-state index is 2.40. The largest absolute Gasteiger partial charge is 0.300 e. The Labute approximate surface area is 100 Å². The van der Waals surface area contributed by atoms with E-state index in [2.05, 4.69) is 59.6 Å². The van der Waals surface area contributed by atoms with E-state index in [0.717, 1.165) is 6.54 Å². The molecular weight excluding hydrogens is 194 g/mol. The van der Waals surface area contributed by atoms with E-state index in [-0.39, 0.29) is 0 Å². The summed E-state index contributed by atoms with van der Waals surface area (Å²) in [6.45, 7) is 14.4. The molecule has 1 aromatic carbocycles. The standard InChI is InChI=1S/C15H25N/c1-10(2)16(7)9-15-13(5)11(3)8-12(4)14(15)6/h8,10H,9H2,1-7H3. The Morgan fingerprint density at radius 1 is 1.00 bits per heavy atom. The van der Waals surface area contributed by atoms with Crippen LogP contribution in [0.2, 0.25) is 0 Å². The normalized spacial score (nSPS) is 11.6. The van der Waals surface area contributed by atoms with E-state index < -0.39 is 0 Å². The second-order valence-corrected chi connectivity index (χ2v) is 5.25. The second-order valence-electron chi connectivity index (χ2n) is 5.25. The van der Waals surface area contributed by atoms with E-state index in [0.29, 0.717) is 6.04 Å². The zero-order valence-electron chi connectivity index (χ0n) is 11.8. The van der Waals surface area contributed by atoms with Crippen molar-refractivity contribution in [3.8, 4) is 0 Å². The van der Waals surface area contributed by atoms with Crippen molar-refractivity contribution in [3.05, 3.63) is 33.9 Å². The molecule has 0 bridgehead atoms. The van der Waals surface area contributed by atoms with Crippen molar-refractivity contribution in [1.29, 1.82) is 0 Å². The van der Waals surface area contributed by atoms with Gasteiger partial charge in [0.05, 0.1) is 0 Å². The Kier molecular flexibility index (Phi) is 4.15. The summed E-state index contributed by atoms with van der Waals surface area (Å²) in [4.78, 5) is 2.40. The highest BCUT2D eigenvalue weighted by atomic mass is 15.1.